The zero-order valence-electron chi connectivity index (χ0n) is 15.7. The summed E-state index contributed by atoms with van der Waals surface area (Å²) in [4.78, 5) is 7.25. The Hall–Kier alpha value is -2.17. The van der Waals surface area contributed by atoms with Crippen molar-refractivity contribution in [2.24, 2.45) is 0 Å². The molecule has 3 aromatic rings. The number of nitroso groups, excluding NO2 is 1. The van der Waals surface area contributed by atoms with Crippen LogP contribution in [0.4, 0.5) is 0 Å². The first-order chi connectivity index (χ1) is 12.9. The van der Waals surface area contributed by atoms with Crippen LogP contribution >= 0.6 is 7.92 Å². The average Bonchev–Trinajstić information content (AvgIpc) is 3.33. The molecule has 0 aromatic heterocycles. The zero-order valence-corrected chi connectivity index (χ0v) is 19.3. The van der Waals surface area contributed by atoms with Crippen LogP contribution in [0.5, 0.6) is 0 Å². The van der Waals surface area contributed by atoms with E-state index >= 15 is 0 Å². The fraction of sp³-hybridized carbons (Fsp3) is 0. The molecule has 1 aliphatic rings. The van der Waals surface area contributed by atoms with Gasteiger partial charge in [-0.1, -0.05) is 115 Å². The number of allylic oxidation sites excluding steroid dienone is 4. The van der Waals surface area contributed by atoms with Gasteiger partial charge in [-0.25, -0.2) is 0 Å². The Morgan fingerprint density at radius 3 is 1.00 bits per heavy atom. The third-order valence-electron chi connectivity index (χ3n) is 3.60. The molecule has 0 amide bonds. The van der Waals surface area contributed by atoms with E-state index in [0.29, 0.717) is 0 Å². The first kappa shape index (κ1) is 25.8. The van der Waals surface area contributed by atoms with Gasteiger partial charge >= 0.3 is 0 Å². The van der Waals surface area contributed by atoms with Crippen LogP contribution in [-0.4, -0.2) is 0 Å². The van der Waals surface area contributed by atoms with E-state index < -0.39 is 7.92 Å². The van der Waals surface area contributed by atoms with Gasteiger partial charge in [0.1, 0.15) is 0 Å². The third kappa shape index (κ3) is 8.24. The van der Waals surface area contributed by atoms with Crippen molar-refractivity contribution in [3.8, 4) is 0 Å². The summed E-state index contributed by atoms with van der Waals surface area (Å²) < 4.78 is 0. The predicted molar refractivity (Wildman–Crippen MR) is 121 cm³/mol. The van der Waals surface area contributed by atoms with Crippen molar-refractivity contribution in [1.82, 2.24) is 0 Å². The molecule has 28 heavy (non-hydrogen) atoms. The normalized spacial score (nSPS) is 10.5. The van der Waals surface area contributed by atoms with Crippen LogP contribution in [0.15, 0.2) is 115 Å². The molecule has 0 saturated heterocycles. The Bertz CT molecular complexity index is 704. The molecule has 4 rings (SSSR count). The molecule has 0 heterocycles. The molecule has 0 bridgehead atoms. The Morgan fingerprint density at radius 1 is 0.500 bits per heavy atom. The molecule has 0 atom stereocenters. The maximum Gasteiger partial charge on any atom is 0.00506 e. The van der Waals surface area contributed by atoms with Crippen molar-refractivity contribution in [3.05, 3.63) is 140 Å². The molecule has 0 unspecified atom stereocenters. The molecular formula is C24H23NOPRe-2. The smallest absolute Gasteiger partial charge is 0.00506 e. The van der Waals surface area contributed by atoms with Gasteiger partial charge in [-0.2, -0.15) is 0 Å². The van der Waals surface area contributed by atoms with Gasteiger partial charge in [0, 0.05) is 26.8 Å². The third-order valence-corrected chi connectivity index (χ3v) is 6.04. The second kappa shape index (κ2) is 15.8. The minimum atomic E-state index is -0.446. The quantitative estimate of drug-likeness (QED) is 0.308. The maximum absolute atomic E-state index is 7.25. The summed E-state index contributed by atoms with van der Waals surface area (Å²) in [5, 5.41) is 4.19. The van der Waals surface area contributed by atoms with Gasteiger partial charge in [0.2, 0.25) is 0 Å². The molecule has 0 saturated carbocycles. The van der Waals surface area contributed by atoms with Gasteiger partial charge in [-0.05, 0) is 23.8 Å². The molecule has 0 N–H and O–H groups in total. The summed E-state index contributed by atoms with van der Waals surface area (Å²) in [7, 11) is -0.446. The second-order valence-electron chi connectivity index (χ2n) is 5.30. The van der Waals surface area contributed by atoms with E-state index in [2.05, 4.69) is 91.0 Å². The van der Waals surface area contributed by atoms with Crippen molar-refractivity contribution < 1.29 is 20.4 Å². The number of rotatable bonds is 3. The SMILES string of the molecule is [CH3-].[CH]1C=CC=C1.[N-]=O.[Re].c1ccc(P(c2ccccc2)c2ccccc2)cc1. The Balaban J connectivity index is 0.000000699. The van der Waals surface area contributed by atoms with Crippen molar-refractivity contribution in [1.29, 1.82) is 0 Å². The Labute approximate surface area is 183 Å². The fourth-order valence-electron chi connectivity index (χ4n) is 2.50. The molecule has 4 heteroatoms. The molecular weight excluding hydrogens is 535 g/mol. The summed E-state index contributed by atoms with van der Waals surface area (Å²) in [6.07, 6.45) is 10.0. The van der Waals surface area contributed by atoms with Gasteiger partial charge in [-0.15, -0.1) is 0 Å². The minimum absolute atomic E-state index is 0. The molecule has 1 aliphatic carbocycles. The summed E-state index contributed by atoms with van der Waals surface area (Å²) in [5.41, 5.74) is 5.75. The number of benzene rings is 3. The Morgan fingerprint density at radius 2 is 0.786 bits per heavy atom. The van der Waals surface area contributed by atoms with Crippen LogP contribution in [0.2, 0.25) is 0 Å². The number of hydrogen-bond donors (Lipinski definition) is 0. The van der Waals surface area contributed by atoms with E-state index in [4.69, 9.17) is 10.5 Å². The van der Waals surface area contributed by atoms with Gasteiger partial charge in [0.15, 0.2) is 0 Å². The van der Waals surface area contributed by atoms with Crippen molar-refractivity contribution in [2.75, 3.05) is 0 Å². The molecule has 0 aliphatic heterocycles. The summed E-state index contributed by atoms with van der Waals surface area (Å²) >= 11 is 0. The zero-order chi connectivity index (χ0) is 18.5. The van der Waals surface area contributed by atoms with E-state index in [9.17, 15) is 0 Å². The maximum atomic E-state index is 7.25. The van der Waals surface area contributed by atoms with Gasteiger partial charge in [0.05, 0.1) is 0 Å². The molecule has 0 fully saturated rings. The van der Waals surface area contributed by atoms with Gasteiger partial charge < -0.3 is 17.9 Å². The van der Waals surface area contributed by atoms with E-state index in [1.807, 2.05) is 30.7 Å². The van der Waals surface area contributed by atoms with Gasteiger partial charge in [0.25, 0.3) is 0 Å². The van der Waals surface area contributed by atoms with Crippen LogP contribution < -0.4 is 15.9 Å². The number of hydrogen-bond acceptors (Lipinski definition) is 1. The van der Waals surface area contributed by atoms with Crippen LogP contribution in [0, 0.1) is 18.8 Å². The summed E-state index contributed by atoms with van der Waals surface area (Å²) in [6, 6.07) is 32.3. The van der Waals surface area contributed by atoms with E-state index in [1.165, 1.54) is 15.9 Å². The largest absolute Gasteiger partial charge is 0.577 e. The molecule has 2 radical (unpaired) electrons. The van der Waals surface area contributed by atoms with Crippen molar-refractivity contribution >= 4 is 23.8 Å². The molecule has 0 spiro atoms. The molecule has 2 nitrogen and oxygen atoms in total. The molecule has 3 aromatic carbocycles. The van der Waals surface area contributed by atoms with Crippen LogP contribution in [-0.2, 0) is 20.4 Å². The van der Waals surface area contributed by atoms with Crippen LogP contribution in [0.3, 0.4) is 0 Å². The standard InChI is InChI=1S/C18H15P.C5H5.CH3.NO.Re/c1-4-10-16(11-5-1)19(17-12-6-2-7-13-17)18-14-8-3-9-15-18;1-2-4-5-3-1;;1-2;/h1-15H;1-5H;1H3;;/q;;2*-1;. The molecule has 144 valence electrons. The van der Waals surface area contributed by atoms with E-state index in [1.54, 1.807) is 0 Å². The average molecular weight is 559 g/mol. The second-order valence-corrected chi connectivity index (χ2v) is 7.52. The first-order valence-electron chi connectivity index (χ1n) is 8.25. The predicted octanol–water partition coefficient (Wildman–Crippen LogP) is 5.53. The monoisotopic (exact) mass is 559 g/mol. The van der Waals surface area contributed by atoms with Crippen LogP contribution in [0.1, 0.15) is 0 Å². The summed E-state index contributed by atoms with van der Waals surface area (Å²) in [5.74, 6) is 0. The van der Waals surface area contributed by atoms with Crippen molar-refractivity contribution in [2.45, 2.75) is 0 Å². The minimum Gasteiger partial charge on any atom is -0.577 e. The topological polar surface area (TPSA) is 39.4 Å². The fourth-order valence-corrected chi connectivity index (χ4v) is 4.80. The van der Waals surface area contributed by atoms with E-state index in [0.717, 1.165) is 0 Å². The van der Waals surface area contributed by atoms with Gasteiger partial charge in [-0.3, -0.25) is 0 Å². The Kier molecular flexibility index (Phi) is 14.6. The first-order valence-corrected chi connectivity index (χ1v) is 9.59. The van der Waals surface area contributed by atoms with E-state index in [-0.39, 0.29) is 27.8 Å². The number of nitrogens with zero attached hydrogens (tertiary/aromatic N) is 1. The summed E-state index contributed by atoms with van der Waals surface area (Å²) in [6.45, 7) is 0. The van der Waals surface area contributed by atoms with Crippen molar-refractivity contribution in [3.63, 3.8) is 0 Å². The van der Waals surface area contributed by atoms with Crippen LogP contribution in [0.25, 0.3) is 5.59 Å².